The number of aliphatic hydroxyl groups is 1. The molecule has 0 aliphatic carbocycles. The molecule has 0 bridgehead atoms. The fourth-order valence-electron chi connectivity index (χ4n) is 2.74. The third kappa shape index (κ3) is 2.58. The van der Waals surface area contributed by atoms with Crippen LogP contribution in [-0.4, -0.2) is 41.7 Å². The summed E-state index contributed by atoms with van der Waals surface area (Å²) >= 11 is 0. The van der Waals surface area contributed by atoms with Gasteiger partial charge in [0.15, 0.2) is 0 Å². The molecule has 1 heterocycles. The van der Waals surface area contributed by atoms with E-state index >= 15 is 0 Å². The molecule has 1 aliphatic rings. The number of nitrogen functional groups attached to an aromatic ring is 1. The Morgan fingerprint density at radius 2 is 2.30 bits per heavy atom. The number of amides is 1. The zero-order valence-electron chi connectivity index (χ0n) is 12.0. The molecule has 1 fully saturated rings. The van der Waals surface area contributed by atoms with Crippen molar-refractivity contribution in [1.82, 2.24) is 4.90 Å². The van der Waals surface area contributed by atoms with Crippen molar-refractivity contribution in [1.29, 1.82) is 0 Å². The van der Waals surface area contributed by atoms with Crippen molar-refractivity contribution in [2.75, 3.05) is 25.5 Å². The number of aliphatic hydroxyl groups excluding tert-OH is 1. The molecule has 110 valence electrons. The molecule has 2 atom stereocenters. The van der Waals surface area contributed by atoms with E-state index in [1.807, 2.05) is 13.8 Å². The summed E-state index contributed by atoms with van der Waals surface area (Å²) in [6, 6.07) is 5.08. The fraction of sp³-hybridized carbons (Fsp3) is 0.533. The Morgan fingerprint density at radius 1 is 1.55 bits per heavy atom. The standard InChI is InChI=1S/C15H22N2O3/c1-3-20-13-6-4-5-11(16)14(13)15(19)17-8-7-10(2)12(17)9-18/h4-6,10,12,18H,3,7-9,16H2,1-2H3. The Morgan fingerprint density at radius 3 is 2.95 bits per heavy atom. The van der Waals surface area contributed by atoms with Gasteiger partial charge in [-0.05, 0) is 31.4 Å². The maximum Gasteiger partial charge on any atom is 0.260 e. The van der Waals surface area contributed by atoms with Gasteiger partial charge in [-0.15, -0.1) is 0 Å². The van der Waals surface area contributed by atoms with Crippen LogP contribution in [0.2, 0.25) is 0 Å². The lowest BCUT2D eigenvalue weighted by Crippen LogP contribution is -2.40. The summed E-state index contributed by atoms with van der Waals surface area (Å²) < 4.78 is 5.50. The highest BCUT2D eigenvalue weighted by Gasteiger charge is 2.35. The molecule has 20 heavy (non-hydrogen) atoms. The second-order valence-corrected chi connectivity index (χ2v) is 5.17. The number of carbonyl (C=O) groups excluding carboxylic acids is 1. The van der Waals surface area contributed by atoms with Gasteiger partial charge in [0.2, 0.25) is 0 Å². The third-order valence-electron chi connectivity index (χ3n) is 3.90. The molecule has 2 unspecified atom stereocenters. The number of benzene rings is 1. The Kier molecular flexibility index (Phi) is 4.49. The van der Waals surface area contributed by atoms with Gasteiger partial charge in [-0.25, -0.2) is 0 Å². The smallest absolute Gasteiger partial charge is 0.260 e. The number of ether oxygens (including phenoxy) is 1. The lowest BCUT2D eigenvalue weighted by Gasteiger charge is -2.26. The number of rotatable bonds is 4. The van der Waals surface area contributed by atoms with E-state index in [1.54, 1.807) is 23.1 Å². The van der Waals surface area contributed by atoms with Gasteiger partial charge in [-0.3, -0.25) is 4.79 Å². The zero-order valence-corrected chi connectivity index (χ0v) is 12.0. The molecule has 0 radical (unpaired) electrons. The Labute approximate surface area is 119 Å². The highest BCUT2D eigenvalue weighted by Crippen LogP contribution is 2.31. The van der Waals surface area contributed by atoms with Crippen molar-refractivity contribution in [2.45, 2.75) is 26.3 Å². The molecule has 1 saturated heterocycles. The molecule has 2 rings (SSSR count). The molecule has 5 nitrogen and oxygen atoms in total. The van der Waals surface area contributed by atoms with Crippen LogP contribution in [0.4, 0.5) is 5.69 Å². The average Bonchev–Trinajstić information content (AvgIpc) is 2.79. The maximum atomic E-state index is 12.7. The highest BCUT2D eigenvalue weighted by atomic mass is 16.5. The quantitative estimate of drug-likeness (QED) is 0.819. The molecule has 1 amide bonds. The SMILES string of the molecule is CCOc1cccc(N)c1C(=O)N1CCC(C)C1CO. The molecule has 3 N–H and O–H groups in total. The number of anilines is 1. The van der Waals surface area contributed by atoms with Crippen molar-refractivity contribution >= 4 is 11.6 Å². The van der Waals surface area contributed by atoms with Crippen molar-refractivity contribution in [2.24, 2.45) is 5.92 Å². The maximum absolute atomic E-state index is 12.7. The summed E-state index contributed by atoms with van der Waals surface area (Å²) in [5.74, 6) is 0.646. The minimum Gasteiger partial charge on any atom is -0.493 e. The lowest BCUT2D eigenvalue weighted by atomic mass is 10.0. The first-order chi connectivity index (χ1) is 9.60. The molecular weight excluding hydrogens is 256 g/mol. The van der Waals surface area contributed by atoms with Gasteiger partial charge >= 0.3 is 0 Å². The number of nitrogens with zero attached hydrogens (tertiary/aromatic N) is 1. The molecule has 0 saturated carbocycles. The van der Waals surface area contributed by atoms with Crippen LogP contribution >= 0.6 is 0 Å². The van der Waals surface area contributed by atoms with Gasteiger partial charge in [-0.1, -0.05) is 13.0 Å². The zero-order chi connectivity index (χ0) is 14.7. The predicted octanol–water partition coefficient (Wildman–Crippen LogP) is 1.51. The second kappa shape index (κ2) is 6.13. The number of hydrogen-bond acceptors (Lipinski definition) is 4. The second-order valence-electron chi connectivity index (χ2n) is 5.17. The number of hydrogen-bond donors (Lipinski definition) is 2. The predicted molar refractivity (Wildman–Crippen MR) is 77.7 cm³/mol. The van der Waals surface area contributed by atoms with Crippen LogP contribution in [0.3, 0.4) is 0 Å². The van der Waals surface area contributed by atoms with Gasteiger partial charge in [0.1, 0.15) is 11.3 Å². The van der Waals surface area contributed by atoms with Crippen LogP contribution in [-0.2, 0) is 0 Å². The van der Waals surface area contributed by atoms with E-state index in [0.717, 1.165) is 6.42 Å². The molecule has 5 heteroatoms. The fourth-order valence-corrected chi connectivity index (χ4v) is 2.74. The van der Waals surface area contributed by atoms with Crippen LogP contribution < -0.4 is 10.5 Å². The Balaban J connectivity index is 2.33. The largest absolute Gasteiger partial charge is 0.493 e. The van der Waals surface area contributed by atoms with Crippen LogP contribution in [0.15, 0.2) is 18.2 Å². The van der Waals surface area contributed by atoms with Gasteiger partial charge in [0.05, 0.1) is 19.3 Å². The number of nitrogens with two attached hydrogens (primary N) is 1. The van der Waals surface area contributed by atoms with E-state index < -0.39 is 0 Å². The summed E-state index contributed by atoms with van der Waals surface area (Å²) in [6.45, 7) is 5.01. The van der Waals surface area contributed by atoms with Gasteiger partial charge in [0.25, 0.3) is 5.91 Å². The molecule has 1 aromatic rings. The van der Waals surface area contributed by atoms with E-state index in [9.17, 15) is 9.90 Å². The van der Waals surface area contributed by atoms with E-state index in [0.29, 0.717) is 36.1 Å². The lowest BCUT2D eigenvalue weighted by molar-refractivity contribution is 0.0645. The summed E-state index contributed by atoms with van der Waals surface area (Å²) in [7, 11) is 0. The van der Waals surface area contributed by atoms with Gasteiger partial charge in [-0.2, -0.15) is 0 Å². The van der Waals surface area contributed by atoms with E-state index in [1.165, 1.54) is 0 Å². The average molecular weight is 278 g/mol. The first kappa shape index (κ1) is 14.7. The molecule has 0 spiro atoms. The minimum absolute atomic E-state index is 0.0242. The third-order valence-corrected chi connectivity index (χ3v) is 3.90. The molecule has 1 aromatic carbocycles. The minimum atomic E-state index is -0.157. The summed E-state index contributed by atoms with van der Waals surface area (Å²) in [5, 5.41) is 9.49. The summed E-state index contributed by atoms with van der Waals surface area (Å²) in [6.07, 6.45) is 0.897. The van der Waals surface area contributed by atoms with E-state index in [2.05, 4.69) is 0 Å². The normalized spacial score (nSPS) is 22.1. The first-order valence-electron chi connectivity index (χ1n) is 7.03. The molecule has 1 aliphatic heterocycles. The van der Waals surface area contributed by atoms with Crippen molar-refractivity contribution in [3.8, 4) is 5.75 Å². The molecular formula is C15H22N2O3. The van der Waals surface area contributed by atoms with E-state index in [4.69, 9.17) is 10.5 Å². The number of carbonyl (C=O) groups is 1. The van der Waals surface area contributed by atoms with Crippen LogP contribution in [0.25, 0.3) is 0 Å². The van der Waals surface area contributed by atoms with Crippen LogP contribution in [0.1, 0.15) is 30.6 Å². The first-order valence-corrected chi connectivity index (χ1v) is 7.03. The van der Waals surface area contributed by atoms with Crippen molar-refractivity contribution in [3.63, 3.8) is 0 Å². The Hall–Kier alpha value is -1.75. The molecule has 0 aromatic heterocycles. The van der Waals surface area contributed by atoms with Crippen LogP contribution in [0.5, 0.6) is 5.75 Å². The summed E-state index contributed by atoms with van der Waals surface area (Å²) in [4.78, 5) is 14.4. The monoisotopic (exact) mass is 278 g/mol. The van der Waals surface area contributed by atoms with Gasteiger partial charge < -0.3 is 20.5 Å². The number of likely N-dealkylation sites (tertiary alicyclic amines) is 1. The Bertz CT molecular complexity index is 490. The summed E-state index contributed by atoms with van der Waals surface area (Å²) in [5.41, 5.74) is 6.77. The van der Waals surface area contributed by atoms with Crippen molar-refractivity contribution < 1.29 is 14.6 Å². The van der Waals surface area contributed by atoms with Crippen molar-refractivity contribution in [3.05, 3.63) is 23.8 Å². The topological polar surface area (TPSA) is 75.8 Å². The highest BCUT2D eigenvalue weighted by molar-refractivity contribution is 6.02. The van der Waals surface area contributed by atoms with Gasteiger partial charge in [0, 0.05) is 12.2 Å². The van der Waals surface area contributed by atoms with E-state index in [-0.39, 0.29) is 18.6 Å². The van der Waals surface area contributed by atoms with Crippen LogP contribution in [0, 0.1) is 5.92 Å².